The zero-order chi connectivity index (χ0) is 11.7. The summed E-state index contributed by atoms with van der Waals surface area (Å²) < 4.78 is 4.12. The van der Waals surface area contributed by atoms with E-state index in [2.05, 4.69) is 28.5 Å². The molecule has 0 N–H and O–H groups in total. The quantitative estimate of drug-likeness (QED) is 0.768. The Morgan fingerprint density at radius 3 is 2.62 bits per heavy atom. The van der Waals surface area contributed by atoms with Crippen molar-refractivity contribution in [2.24, 2.45) is 7.05 Å². The van der Waals surface area contributed by atoms with E-state index in [4.69, 9.17) is 11.6 Å². The lowest BCUT2D eigenvalue weighted by Crippen LogP contribution is -2.06. The van der Waals surface area contributed by atoms with Gasteiger partial charge in [-0.2, -0.15) is 5.10 Å². The van der Waals surface area contributed by atoms with E-state index >= 15 is 0 Å². The van der Waals surface area contributed by atoms with Crippen LogP contribution in [0.3, 0.4) is 0 Å². The van der Waals surface area contributed by atoms with Crippen LogP contribution in [-0.2, 0) is 26.4 Å². The van der Waals surface area contributed by atoms with E-state index in [1.807, 2.05) is 11.7 Å². The van der Waals surface area contributed by atoms with Crippen molar-refractivity contribution < 1.29 is 0 Å². The molecule has 0 aliphatic carbocycles. The maximum Gasteiger partial charge on any atom is 0.158 e. The Labute approximate surface area is 100 Å². The van der Waals surface area contributed by atoms with Gasteiger partial charge in [0.05, 0.1) is 5.69 Å². The van der Waals surface area contributed by atoms with Gasteiger partial charge in [-0.1, -0.05) is 6.92 Å². The third-order valence-electron chi connectivity index (χ3n) is 2.84. The molecular weight excluding hydrogens is 224 g/mol. The molecule has 0 amide bonds. The summed E-state index contributed by atoms with van der Waals surface area (Å²) in [5, 5.41) is 4.48. The molecule has 16 heavy (non-hydrogen) atoms. The normalized spacial score (nSPS) is 11.5. The summed E-state index contributed by atoms with van der Waals surface area (Å²) >= 11 is 5.80. The molecule has 0 fully saturated rings. The fourth-order valence-electron chi connectivity index (χ4n) is 2.13. The summed E-state index contributed by atoms with van der Waals surface area (Å²) in [6.07, 6.45) is 1.73. The fourth-order valence-corrected chi connectivity index (χ4v) is 2.30. The standard InChI is InChI=1S/C11H17ClN4/c1-4-8-10-11(15(3)14-8)16(5-2)9(13-10)6-7-12/h4-7H2,1-3H3. The number of hydrogen-bond donors (Lipinski definition) is 0. The van der Waals surface area contributed by atoms with E-state index in [9.17, 15) is 0 Å². The van der Waals surface area contributed by atoms with Gasteiger partial charge in [-0.05, 0) is 13.3 Å². The number of hydrogen-bond acceptors (Lipinski definition) is 2. The van der Waals surface area contributed by atoms with Crippen LogP contribution in [0, 0.1) is 0 Å². The molecule has 0 atom stereocenters. The molecule has 0 aliphatic rings. The van der Waals surface area contributed by atoms with Crippen LogP contribution in [0.4, 0.5) is 0 Å². The number of halogens is 1. The van der Waals surface area contributed by atoms with Gasteiger partial charge in [0.1, 0.15) is 11.3 Å². The SMILES string of the molecule is CCc1nn(C)c2c1nc(CCCl)n2CC. The Morgan fingerprint density at radius 2 is 2.06 bits per heavy atom. The molecule has 0 radical (unpaired) electrons. The molecule has 4 nitrogen and oxygen atoms in total. The molecule has 0 aromatic carbocycles. The van der Waals surface area contributed by atoms with Gasteiger partial charge in [0.15, 0.2) is 5.65 Å². The van der Waals surface area contributed by atoms with Crippen LogP contribution in [0.5, 0.6) is 0 Å². The van der Waals surface area contributed by atoms with Crippen molar-refractivity contribution in [3.05, 3.63) is 11.5 Å². The largest absolute Gasteiger partial charge is 0.313 e. The third kappa shape index (κ3) is 1.61. The van der Waals surface area contributed by atoms with Crippen molar-refractivity contribution >= 4 is 22.8 Å². The second-order valence-electron chi connectivity index (χ2n) is 3.81. The predicted molar refractivity (Wildman–Crippen MR) is 66.0 cm³/mol. The van der Waals surface area contributed by atoms with Gasteiger partial charge in [0.2, 0.25) is 0 Å². The lowest BCUT2D eigenvalue weighted by atomic mass is 10.3. The van der Waals surface area contributed by atoms with Crippen molar-refractivity contribution in [3.63, 3.8) is 0 Å². The second-order valence-corrected chi connectivity index (χ2v) is 4.19. The van der Waals surface area contributed by atoms with Gasteiger partial charge in [-0.3, -0.25) is 4.68 Å². The molecule has 2 heterocycles. The molecule has 2 rings (SSSR count). The maximum atomic E-state index is 5.80. The number of aryl methyl sites for hydroxylation is 4. The van der Waals surface area contributed by atoms with Gasteiger partial charge in [0, 0.05) is 25.9 Å². The first kappa shape index (κ1) is 11.5. The number of fused-ring (bicyclic) bond motifs is 1. The van der Waals surface area contributed by atoms with Gasteiger partial charge < -0.3 is 4.57 Å². The van der Waals surface area contributed by atoms with Crippen molar-refractivity contribution in [3.8, 4) is 0 Å². The number of alkyl halides is 1. The zero-order valence-electron chi connectivity index (χ0n) is 10.00. The molecule has 88 valence electrons. The highest BCUT2D eigenvalue weighted by Gasteiger charge is 2.16. The Kier molecular flexibility index (Phi) is 3.19. The van der Waals surface area contributed by atoms with E-state index in [-0.39, 0.29) is 0 Å². The van der Waals surface area contributed by atoms with Gasteiger partial charge in [-0.25, -0.2) is 4.98 Å². The Morgan fingerprint density at radius 1 is 1.31 bits per heavy atom. The van der Waals surface area contributed by atoms with E-state index < -0.39 is 0 Å². The van der Waals surface area contributed by atoms with Crippen molar-refractivity contribution in [2.45, 2.75) is 33.2 Å². The molecule has 0 unspecified atom stereocenters. The average molecular weight is 241 g/mol. The smallest absolute Gasteiger partial charge is 0.158 e. The van der Waals surface area contributed by atoms with Crippen LogP contribution in [0.2, 0.25) is 0 Å². The molecule has 2 aromatic rings. The maximum absolute atomic E-state index is 5.80. The van der Waals surface area contributed by atoms with Gasteiger partial charge in [0.25, 0.3) is 0 Å². The van der Waals surface area contributed by atoms with Crippen molar-refractivity contribution in [2.75, 3.05) is 5.88 Å². The minimum Gasteiger partial charge on any atom is -0.313 e. The van der Waals surface area contributed by atoms with Crippen molar-refractivity contribution in [1.29, 1.82) is 0 Å². The summed E-state index contributed by atoms with van der Waals surface area (Å²) in [5.74, 6) is 1.67. The number of imidazole rings is 1. The molecule has 0 saturated carbocycles. The average Bonchev–Trinajstić information content (AvgIpc) is 2.77. The molecule has 2 aromatic heterocycles. The topological polar surface area (TPSA) is 35.6 Å². The second kappa shape index (κ2) is 4.45. The van der Waals surface area contributed by atoms with E-state index in [0.717, 1.165) is 42.1 Å². The minimum atomic E-state index is 0.609. The number of rotatable bonds is 4. The van der Waals surface area contributed by atoms with E-state index in [0.29, 0.717) is 5.88 Å². The lowest BCUT2D eigenvalue weighted by molar-refractivity contribution is 0.673. The minimum absolute atomic E-state index is 0.609. The molecular formula is C11H17ClN4. The van der Waals surface area contributed by atoms with E-state index in [1.165, 1.54) is 0 Å². The first-order chi connectivity index (χ1) is 7.72. The molecule has 5 heteroatoms. The number of nitrogens with zero attached hydrogens (tertiary/aromatic N) is 4. The van der Waals surface area contributed by atoms with Crippen LogP contribution in [0.15, 0.2) is 0 Å². The highest BCUT2D eigenvalue weighted by Crippen LogP contribution is 2.20. The van der Waals surface area contributed by atoms with Crippen LogP contribution >= 0.6 is 11.6 Å². The molecule has 0 spiro atoms. The summed E-state index contributed by atoms with van der Waals surface area (Å²) in [6.45, 7) is 5.14. The number of aromatic nitrogens is 4. The van der Waals surface area contributed by atoms with Crippen LogP contribution in [-0.4, -0.2) is 25.2 Å². The Hall–Kier alpha value is -1.03. The van der Waals surface area contributed by atoms with Crippen LogP contribution in [0.25, 0.3) is 11.2 Å². The van der Waals surface area contributed by atoms with Gasteiger partial charge >= 0.3 is 0 Å². The lowest BCUT2D eigenvalue weighted by Gasteiger charge is -2.04. The summed E-state index contributed by atoms with van der Waals surface area (Å²) in [5.41, 5.74) is 3.21. The Bertz CT molecular complexity index is 498. The third-order valence-corrected chi connectivity index (χ3v) is 3.03. The predicted octanol–water partition coefficient (Wildman–Crippen LogP) is 2.13. The van der Waals surface area contributed by atoms with Crippen LogP contribution in [0.1, 0.15) is 25.4 Å². The van der Waals surface area contributed by atoms with Crippen LogP contribution < -0.4 is 0 Å². The molecule has 0 aliphatic heterocycles. The first-order valence-electron chi connectivity index (χ1n) is 5.69. The van der Waals surface area contributed by atoms with Crippen molar-refractivity contribution in [1.82, 2.24) is 19.3 Å². The first-order valence-corrected chi connectivity index (χ1v) is 6.23. The molecule has 0 bridgehead atoms. The fraction of sp³-hybridized carbons (Fsp3) is 0.636. The summed E-state index contributed by atoms with van der Waals surface area (Å²) in [7, 11) is 1.97. The molecule has 0 saturated heterocycles. The monoisotopic (exact) mass is 240 g/mol. The summed E-state index contributed by atoms with van der Waals surface area (Å²) in [6, 6.07) is 0. The summed E-state index contributed by atoms with van der Waals surface area (Å²) in [4.78, 5) is 4.66. The van der Waals surface area contributed by atoms with Gasteiger partial charge in [-0.15, -0.1) is 11.6 Å². The highest BCUT2D eigenvalue weighted by atomic mass is 35.5. The highest BCUT2D eigenvalue weighted by molar-refractivity contribution is 6.17. The zero-order valence-corrected chi connectivity index (χ0v) is 10.8. The van der Waals surface area contributed by atoms with E-state index in [1.54, 1.807) is 0 Å². The Balaban J connectivity index is 2.67.